The number of hydrogen-bond acceptors (Lipinski definition) is 5. The lowest BCUT2D eigenvalue weighted by atomic mass is 9.81. The van der Waals surface area contributed by atoms with Crippen molar-refractivity contribution in [3.05, 3.63) is 52.0 Å². The number of aryl methyl sites for hydroxylation is 1. The molecule has 4 fully saturated rings. The number of nitrogens with zero attached hydrogens (tertiary/aromatic N) is 2. The lowest BCUT2D eigenvalue weighted by Gasteiger charge is -2.28. The molecule has 0 radical (unpaired) electrons. The van der Waals surface area contributed by atoms with Gasteiger partial charge in [0.2, 0.25) is 17.7 Å². The minimum atomic E-state index is -0.677. The van der Waals surface area contributed by atoms with E-state index < -0.39 is 11.9 Å². The summed E-state index contributed by atoms with van der Waals surface area (Å²) in [5, 5.41) is 0.800. The Morgan fingerprint density at radius 2 is 1.61 bits per heavy atom. The molecular formula is C27H22Br2Cl2N2O5. The van der Waals surface area contributed by atoms with Crippen LogP contribution in [0.15, 0.2) is 36.4 Å². The van der Waals surface area contributed by atoms with E-state index in [1.165, 1.54) is 9.80 Å². The fraction of sp³-hybridized carbons (Fsp3) is 0.407. The Balaban J connectivity index is 1.17. The second kappa shape index (κ2) is 9.61. The quantitative estimate of drug-likeness (QED) is 0.183. The van der Waals surface area contributed by atoms with Gasteiger partial charge in [0.1, 0.15) is 5.75 Å². The Labute approximate surface area is 246 Å². The van der Waals surface area contributed by atoms with Crippen molar-refractivity contribution >= 4 is 90.1 Å². The average Bonchev–Trinajstić information content (AvgIpc) is 3.59. The standard InChI is InChI=1S/C27H22Br2Cl2N2O5/c1-11-6-14(38-27(37)12-7-20(34)32(10-12)19-8-13(30)2-4-17(19)31)3-5-18(11)33-25(35)21-15-9-16(22(21)26(33)36)24(29)23(15)28/h2-6,8,12,15-16,21-24H,7,9-10H2,1H3/t12-,15-,16-,21-,22+,23-,24+/m1/s1. The molecule has 2 saturated heterocycles. The fourth-order valence-corrected chi connectivity index (χ4v) is 8.78. The van der Waals surface area contributed by atoms with Gasteiger partial charge in [-0.2, -0.15) is 0 Å². The lowest BCUT2D eigenvalue weighted by molar-refractivity contribution is -0.139. The molecule has 2 aliphatic heterocycles. The highest BCUT2D eigenvalue weighted by atomic mass is 79.9. The molecule has 7 atom stereocenters. The van der Waals surface area contributed by atoms with Gasteiger partial charge >= 0.3 is 5.97 Å². The number of esters is 1. The van der Waals surface area contributed by atoms with Gasteiger partial charge in [0.25, 0.3) is 0 Å². The van der Waals surface area contributed by atoms with Crippen LogP contribution in [0.5, 0.6) is 5.75 Å². The number of benzene rings is 2. The summed E-state index contributed by atoms with van der Waals surface area (Å²) in [5.74, 6) is -1.86. The summed E-state index contributed by atoms with van der Waals surface area (Å²) >= 11 is 19.7. The number of fused-ring (bicyclic) bond motifs is 5. The highest BCUT2D eigenvalue weighted by Gasteiger charge is 2.66. The predicted octanol–water partition coefficient (Wildman–Crippen LogP) is 5.54. The first-order valence-corrected chi connectivity index (χ1v) is 14.9. The topological polar surface area (TPSA) is 84.0 Å². The molecule has 3 amide bonds. The molecule has 38 heavy (non-hydrogen) atoms. The minimum absolute atomic E-state index is 0.0102. The summed E-state index contributed by atoms with van der Waals surface area (Å²) < 4.78 is 5.61. The summed E-state index contributed by atoms with van der Waals surface area (Å²) in [6.45, 7) is 1.90. The molecule has 2 heterocycles. The summed E-state index contributed by atoms with van der Waals surface area (Å²) in [6, 6.07) is 9.68. The third-order valence-electron chi connectivity index (χ3n) is 8.27. The van der Waals surface area contributed by atoms with E-state index in [1.807, 2.05) is 0 Å². The van der Waals surface area contributed by atoms with Crippen molar-refractivity contribution in [2.75, 3.05) is 16.3 Å². The van der Waals surface area contributed by atoms with Crippen LogP contribution < -0.4 is 14.5 Å². The first-order valence-electron chi connectivity index (χ1n) is 12.3. The van der Waals surface area contributed by atoms with E-state index >= 15 is 0 Å². The van der Waals surface area contributed by atoms with Gasteiger partial charge in [-0.15, -0.1) is 0 Å². The van der Waals surface area contributed by atoms with Gasteiger partial charge in [0.15, 0.2) is 0 Å². The van der Waals surface area contributed by atoms with Gasteiger partial charge in [0, 0.05) is 27.6 Å². The zero-order valence-electron chi connectivity index (χ0n) is 20.1. The Morgan fingerprint density at radius 3 is 2.24 bits per heavy atom. The van der Waals surface area contributed by atoms with Crippen LogP contribution in [0, 0.1) is 36.5 Å². The molecule has 2 aromatic rings. The van der Waals surface area contributed by atoms with Crippen molar-refractivity contribution in [1.29, 1.82) is 0 Å². The summed E-state index contributed by atoms with van der Waals surface area (Å²) in [6.07, 6.45) is 0.856. The van der Waals surface area contributed by atoms with Crippen molar-refractivity contribution in [1.82, 2.24) is 0 Å². The third kappa shape index (κ3) is 4.03. The molecule has 11 heteroatoms. The van der Waals surface area contributed by atoms with E-state index in [-0.39, 0.29) is 69.8 Å². The highest BCUT2D eigenvalue weighted by molar-refractivity contribution is 9.12. The first kappa shape index (κ1) is 26.3. The van der Waals surface area contributed by atoms with E-state index in [0.717, 1.165) is 6.42 Å². The van der Waals surface area contributed by atoms with E-state index in [1.54, 1.807) is 43.3 Å². The number of ether oxygens (including phenoxy) is 1. The van der Waals surface area contributed by atoms with Crippen molar-refractivity contribution < 1.29 is 23.9 Å². The maximum absolute atomic E-state index is 13.4. The molecule has 7 nitrogen and oxygen atoms in total. The summed E-state index contributed by atoms with van der Waals surface area (Å²) in [4.78, 5) is 55.4. The fourth-order valence-electron chi connectivity index (χ4n) is 6.52. The van der Waals surface area contributed by atoms with E-state index in [2.05, 4.69) is 31.9 Å². The minimum Gasteiger partial charge on any atom is -0.426 e. The van der Waals surface area contributed by atoms with Crippen molar-refractivity contribution in [2.24, 2.45) is 29.6 Å². The Hall–Kier alpha value is -1.94. The van der Waals surface area contributed by atoms with Crippen LogP contribution in [0.1, 0.15) is 18.4 Å². The van der Waals surface area contributed by atoms with Crippen LogP contribution in [0.2, 0.25) is 10.0 Å². The Morgan fingerprint density at radius 1 is 0.947 bits per heavy atom. The third-order valence-corrected chi connectivity index (χ3v) is 12.0. The molecule has 0 spiro atoms. The van der Waals surface area contributed by atoms with Crippen LogP contribution in [-0.2, 0) is 19.2 Å². The zero-order valence-corrected chi connectivity index (χ0v) is 24.8. The zero-order chi connectivity index (χ0) is 27.0. The van der Waals surface area contributed by atoms with Crippen LogP contribution in [-0.4, -0.2) is 39.9 Å². The van der Waals surface area contributed by atoms with Crippen LogP contribution >= 0.6 is 55.1 Å². The molecule has 0 aromatic heterocycles. The molecular weight excluding hydrogens is 663 g/mol. The number of anilines is 2. The molecule has 0 unspecified atom stereocenters. The van der Waals surface area contributed by atoms with Gasteiger partial charge in [0.05, 0.1) is 34.2 Å². The SMILES string of the molecule is Cc1cc(OC(=O)[C@@H]2CC(=O)N(c3cc(Cl)ccc3Cl)C2)ccc1N1C(=O)[C@@H]2[C@H]3C[C@@H]([C@H](Br)[C@@H]3Br)[C@@H]2C1=O. The maximum atomic E-state index is 13.4. The normalized spacial score (nSPS) is 31.9. The molecule has 0 N–H and O–H groups in total. The van der Waals surface area contributed by atoms with E-state index in [4.69, 9.17) is 27.9 Å². The number of alkyl halides is 2. The number of halogens is 4. The number of hydrogen-bond donors (Lipinski definition) is 0. The van der Waals surface area contributed by atoms with Gasteiger partial charge in [-0.1, -0.05) is 55.1 Å². The lowest BCUT2D eigenvalue weighted by Crippen LogP contribution is -2.37. The molecule has 2 saturated carbocycles. The van der Waals surface area contributed by atoms with Crippen LogP contribution in [0.25, 0.3) is 0 Å². The second-order valence-electron chi connectivity index (χ2n) is 10.4. The summed E-state index contributed by atoms with van der Waals surface area (Å²) in [7, 11) is 0. The van der Waals surface area contributed by atoms with Crippen LogP contribution in [0.4, 0.5) is 11.4 Å². The summed E-state index contributed by atoms with van der Waals surface area (Å²) in [5.41, 5.74) is 1.60. The van der Waals surface area contributed by atoms with Gasteiger partial charge in [-0.3, -0.25) is 19.2 Å². The van der Waals surface area contributed by atoms with Gasteiger partial charge < -0.3 is 9.64 Å². The van der Waals surface area contributed by atoms with E-state index in [9.17, 15) is 19.2 Å². The Bertz CT molecular complexity index is 1370. The first-order chi connectivity index (χ1) is 18.1. The number of imide groups is 1. The van der Waals surface area contributed by atoms with Crippen molar-refractivity contribution in [3.8, 4) is 5.75 Å². The molecule has 2 bridgehead atoms. The molecule has 2 aliphatic carbocycles. The number of carbonyl (C=O) groups excluding carboxylic acids is 4. The Kier molecular flexibility index (Phi) is 6.65. The van der Waals surface area contributed by atoms with Crippen molar-refractivity contribution in [2.45, 2.75) is 29.4 Å². The molecule has 6 rings (SSSR count). The molecule has 2 aromatic carbocycles. The second-order valence-corrected chi connectivity index (χ2v) is 13.3. The molecule has 198 valence electrons. The monoisotopic (exact) mass is 682 g/mol. The smallest absolute Gasteiger partial charge is 0.316 e. The van der Waals surface area contributed by atoms with Gasteiger partial charge in [-0.25, -0.2) is 4.90 Å². The van der Waals surface area contributed by atoms with Crippen molar-refractivity contribution in [3.63, 3.8) is 0 Å². The van der Waals surface area contributed by atoms with Gasteiger partial charge in [-0.05, 0) is 67.1 Å². The largest absolute Gasteiger partial charge is 0.426 e. The maximum Gasteiger partial charge on any atom is 0.316 e. The molecule has 4 aliphatic rings. The predicted molar refractivity (Wildman–Crippen MR) is 150 cm³/mol. The number of carbonyl (C=O) groups is 4. The van der Waals surface area contributed by atoms with E-state index in [0.29, 0.717) is 27.0 Å². The number of rotatable bonds is 4. The highest BCUT2D eigenvalue weighted by Crippen LogP contribution is 2.60. The van der Waals surface area contributed by atoms with Crippen LogP contribution in [0.3, 0.4) is 0 Å². The average molecular weight is 685 g/mol. The number of amides is 3.